The highest BCUT2D eigenvalue weighted by atomic mass is 16.2. The molecule has 166 valence electrons. The average molecular weight is 416 g/mol. The van der Waals surface area contributed by atoms with E-state index in [4.69, 9.17) is 0 Å². The SMILES string of the molecule is CCCN(CCC)C(=O)CCCC(=O)N1CCCN(C(=O)c2cccc(C)c2)CC1. The van der Waals surface area contributed by atoms with Crippen molar-refractivity contribution in [3.63, 3.8) is 0 Å². The van der Waals surface area contributed by atoms with Gasteiger partial charge in [0, 0.05) is 57.7 Å². The summed E-state index contributed by atoms with van der Waals surface area (Å²) < 4.78 is 0. The van der Waals surface area contributed by atoms with Crippen LogP contribution in [0.25, 0.3) is 0 Å². The number of aryl methyl sites for hydroxylation is 1. The Kier molecular flexibility index (Phi) is 9.84. The predicted molar refractivity (Wildman–Crippen MR) is 119 cm³/mol. The lowest BCUT2D eigenvalue weighted by Gasteiger charge is -2.23. The van der Waals surface area contributed by atoms with Gasteiger partial charge in [0.15, 0.2) is 0 Å². The number of hydrogen-bond acceptors (Lipinski definition) is 3. The van der Waals surface area contributed by atoms with Crippen LogP contribution in [-0.2, 0) is 9.59 Å². The largest absolute Gasteiger partial charge is 0.343 e. The van der Waals surface area contributed by atoms with E-state index in [1.54, 1.807) is 0 Å². The first-order valence-electron chi connectivity index (χ1n) is 11.4. The van der Waals surface area contributed by atoms with E-state index < -0.39 is 0 Å². The molecule has 1 fully saturated rings. The Morgan fingerprint density at radius 1 is 0.933 bits per heavy atom. The fourth-order valence-corrected chi connectivity index (χ4v) is 3.94. The summed E-state index contributed by atoms with van der Waals surface area (Å²) in [6, 6.07) is 7.64. The van der Waals surface area contributed by atoms with Crippen molar-refractivity contribution in [3.8, 4) is 0 Å². The van der Waals surface area contributed by atoms with Crippen LogP contribution >= 0.6 is 0 Å². The molecule has 0 aromatic heterocycles. The first-order chi connectivity index (χ1) is 14.5. The quantitative estimate of drug-likeness (QED) is 0.620. The second-order valence-corrected chi connectivity index (χ2v) is 8.13. The number of carbonyl (C=O) groups is 3. The van der Waals surface area contributed by atoms with Crippen LogP contribution in [0.3, 0.4) is 0 Å². The maximum Gasteiger partial charge on any atom is 0.253 e. The normalized spacial score (nSPS) is 14.4. The molecule has 0 unspecified atom stereocenters. The Morgan fingerprint density at radius 3 is 2.27 bits per heavy atom. The van der Waals surface area contributed by atoms with Gasteiger partial charge in [0.05, 0.1) is 0 Å². The van der Waals surface area contributed by atoms with E-state index in [1.165, 1.54) is 0 Å². The van der Waals surface area contributed by atoms with Gasteiger partial charge in [-0.1, -0.05) is 31.5 Å². The zero-order chi connectivity index (χ0) is 21.9. The number of amides is 3. The van der Waals surface area contributed by atoms with Crippen molar-refractivity contribution in [2.24, 2.45) is 0 Å². The fraction of sp³-hybridized carbons (Fsp3) is 0.625. The van der Waals surface area contributed by atoms with Crippen molar-refractivity contribution < 1.29 is 14.4 Å². The minimum Gasteiger partial charge on any atom is -0.343 e. The molecular formula is C24H37N3O3. The average Bonchev–Trinajstić information content (AvgIpc) is 2.99. The van der Waals surface area contributed by atoms with Gasteiger partial charge in [-0.15, -0.1) is 0 Å². The van der Waals surface area contributed by atoms with Gasteiger partial charge in [-0.05, 0) is 44.7 Å². The van der Waals surface area contributed by atoms with E-state index >= 15 is 0 Å². The number of carbonyl (C=O) groups excluding carboxylic acids is 3. The maximum atomic E-state index is 12.8. The Labute approximate surface area is 181 Å². The summed E-state index contributed by atoms with van der Waals surface area (Å²) in [4.78, 5) is 43.4. The topological polar surface area (TPSA) is 60.9 Å². The summed E-state index contributed by atoms with van der Waals surface area (Å²) in [5.41, 5.74) is 1.77. The van der Waals surface area contributed by atoms with Gasteiger partial charge in [-0.3, -0.25) is 14.4 Å². The van der Waals surface area contributed by atoms with Crippen molar-refractivity contribution in [1.29, 1.82) is 0 Å². The van der Waals surface area contributed by atoms with Crippen LogP contribution in [0.5, 0.6) is 0 Å². The van der Waals surface area contributed by atoms with Crippen molar-refractivity contribution in [1.82, 2.24) is 14.7 Å². The van der Waals surface area contributed by atoms with Crippen LogP contribution < -0.4 is 0 Å². The van der Waals surface area contributed by atoms with Gasteiger partial charge < -0.3 is 14.7 Å². The Balaban J connectivity index is 1.80. The van der Waals surface area contributed by atoms with Crippen molar-refractivity contribution in [3.05, 3.63) is 35.4 Å². The highest BCUT2D eigenvalue weighted by Gasteiger charge is 2.23. The first kappa shape index (κ1) is 23.9. The minimum absolute atomic E-state index is 0.0329. The molecule has 6 heteroatoms. The third kappa shape index (κ3) is 7.15. The summed E-state index contributed by atoms with van der Waals surface area (Å²) in [6.07, 6.45) is 4.10. The molecule has 1 aliphatic rings. The molecule has 0 spiro atoms. The fourth-order valence-electron chi connectivity index (χ4n) is 3.94. The molecule has 1 aromatic carbocycles. The second-order valence-electron chi connectivity index (χ2n) is 8.13. The predicted octanol–water partition coefficient (Wildman–Crippen LogP) is 3.49. The van der Waals surface area contributed by atoms with Crippen LogP contribution in [0.1, 0.15) is 68.3 Å². The molecular weight excluding hydrogens is 378 g/mol. The van der Waals surface area contributed by atoms with Crippen molar-refractivity contribution in [2.75, 3.05) is 39.3 Å². The lowest BCUT2D eigenvalue weighted by molar-refractivity contribution is -0.132. The van der Waals surface area contributed by atoms with Crippen LogP contribution in [0.15, 0.2) is 24.3 Å². The van der Waals surface area contributed by atoms with Crippen LogP contribution in [-0.4, -0.2) is 71.7 Å². The van der Waals surface area contributed by atoms with Crippen LogP contribution in [0.2, 0.25) is 0 Å². The molecule has 0 aliphatic carbocycles. The molecule has 0 N–H and O–H groups in total. The van der Waals surface area contributed by atoms with Crippen LogP contribution in [0, 0.1) is 6.92 Å². The smallest absolute Gasteiger partial charge is 0.253 e. The lowest BCUT2D eigenvalue weighted by Crippen LogP contribution is -2.37. The molecule has 0 radical (unpaired) electrons. The standard InChI is InChI=1S/C24H37N3O3/c1-4-13-25(14-5-2)22(28)11-7-12-23(29)26-15-8-16-27(18-17-26)24(30)21-10-6-9-20(3)19-21/h6,9-10,19H,4-5,7-8,11-18H2,1-3H3. The molecule has 1 aliphatic heterocycles. The molecule has 1 aromatic rings. The summed E-state index contributed by atoms with van der Waals surface area (Å²) in [7, 11) is 0. The third-order valence-electron chi connectivity index (χ3n) is 5.52. The van der Waals surface area contributed by atoms with E-state index in [0.29, 0.717) is 51.0 Å². The summed E-state index contributed by atoms with van der Waals surface area (Å²) >= 11 is 0. The Hall–Kier alpha value is -2.37. The zero-order valence-electron chi connectivity index (χ0n) is 18.9. The lowest BCUT2D eigenvalue weighted by atomic mass is 10.1. The van der Waals surface area contributed by atoms with Gasteiger partial charge in [0.1, 0.15) is 0 Å². The summed E-state index contributed by atoms with van der Waals surface area (Å²) in [6.45, 7) is 10.2. The summed E-state index contributed by atoms with van der Waals surface area (Å²) in [5, 5.41) is 0. The van der Waals surface area contributed by atoms with Gasteiger partial charge in [-0.2, -0.15) is 0 Å². The van der Waals surface area contributed by atoms with Crippen molar-refractivity contribution >= 4 is 17.7 Å². The van der Waals surface area contributed by atoms with Crippen LogP contribution in [0.4, 0.5) is 0 Å². The Morgan fingerprint density at radius 2 is 1.60 bits per heavy atom. The molecule has 1 saturated heterocycles. The highest BCUT2D eigenvalue weighted by molar-refractivity contribution is 5.94. The van der Waals surface area contributed by atoms with Crippen molar-refractivity contribution in [2.45, 2.75) is 59.3 Å². The van der Waals surface area contributed by atoms with Gasteiger partial charge in [0.25, 0.3) is 5.91 Å². The molecule has 1 heterocycles. The number of rotatable bonds is 9. The molecule has 30 heavy (non-hydrogen) atoms. The minimum atomic E-state index is 0.0329. The maximum absolute atomic E-state index is 12.8. The third-order valence-corrected chi connectivity index (χ3v) is 5.52. The highest BCUT2D eigenvalue weighted by Crippen LogP contribution is 2.13. The molecule has 0 saturated carbocycles. The van der Waals surface area contributed by atoms with E-state index in [2.05, 4.69) is 13.8 Å². The van der Waals surface area contributed by atoms with Gasteiger partial charge >= 0.3 is 0 Å². The second kappa shape index (κ2) is 12.4. The number of hydrogen-bond donors (Lipinski definition) is 0. The first-order valence-corrected chi connectivity index (χ1v) is 11.4. The van der Waals surface area contributed by atoms with E-state index in [9.17, 15) is 14.4 Å². The Bertz CT molecular complexity index is 713. The number of nitrogens with zero attached hydrogens (tertiary/aromatic N) is 3. The van der Waals surface area contributed by atoms with Gasteiger partial charge in [0.2, 0.25) is 11.8 Å². The van der Waals surface area contributed by atoms with Gasteiger partial charge in [-0.25, -0.2) is 0 Å². The molecule has 2 rings (SSSR count). The van der Waals surface area contributed by atoms with E-state index in [1.807, 2.05) is 45.9 Å². The zero-order valence-corrected chi connectivity index (χ0v) is 18.9. The number of benzene rings is 1. The molecule has 3 amide bonds. The monoisotopic (exact) mass is 415 g/mol. The molecule has 0 bridgehead atoms. The van der Waals surface area contributed by atoms with E-state index in [0.717, 1.165) is 37.9 Å². The molecule has 0 atom stereocenters. The van der Waals surface area contributed by atoms with E-state index in [-0.39, 0.29) is 17.7 Å². The summed E-state index contributed by atoms with van der Waals surface area (Å²) in [5.74, 6) is 0.271. The molecule has 6 nitrogen and oxygen atoms in total.